The molecule has 2 fully saturated rings. The lowest BCUT2D eigenvalue weighted by molar-refractivity contribution is -0.0620. The van der Waals surface area contributed by atoms with E-state index in [-0.39, 0.29) is 17.3 Å². The van der Waals surface area contributed by atoms with Crippen LogP contribution in [0.25, 0.3) is 22.2 Å². The molecular weight excluding hydrogens is 548 g/mol. The van der Waals surface area contributed by atoms with Gasteiger partial charge in [-0.1, -0.05) is 19.9 Å². The van der Waals surface area contributed by atoms with Gasteiger partial charge in [-0.3, -0.25) is 9.47 Å². The number of imidazole rings is 2. The average molecular weight is 593 g/mol. The van der Waals surface area contributed by atoms with Crippen molar-refractivity contribution in [1.29, 1.82) is 0 Å². The number of nitrogens with one attached hydrogen (secondary N) is 1. The van der Waals surface area contributed by atoms with Crippen LogP contribution in [0, 0.1) is 5.92 Å². The van der Waals surface area contributed by atoms with E-state index in [0.29, 0.717) is 36.3 Å². The number of hydrogen-bond donors (Lipinski definition) is 4. The molecule has 1 saturated carbocycles. The van der Waals surface area contributed by atoms with Crippen LogP contribution in [0.2, 0.25) is 0 Å². The van der Waals surface area contributed by atoms with E-state index in [9.17, 15) is 10.2 Å². The average Bonchev–Trinajstić information content (AvgIpc) is 3.63. The predicted octanol–water partition coefficient (Wildman–Crippen LogP) is 2.95. The Morgan fingerprint density at radius 2 is 1.98 bits per heavy atom. The van der Waals surface area contributed by atoms with E-state index in [2.05, 4.69) is 70.7 Å². The summed E-state index contributed by atoms with van der Waals surface area (Å²) in [6, 6.07) is 7.13. The van der Waals surface area contributed by atoms with Gasteiger partial charge in [0, 0.05) is 37.6 Å². The van der Waals surface area contributed by atoms with E-state index in [1.54, 1.807) is 11.7 Å². The SMILES string of the molecule is COCC(C)(C)c1ccc2[nH]c(CC[C@H]3C[C@H](N(C[C@H]4O[C@@H](n5cnc6c(N)ncnc65)[C@@H](O)[C@H]4O)C(C)C)C3)nc2c1. The number of nitrogens with two attached hydrogens (primary N) is 1. The molecule has 4 aromatic rings. The van der Waals surface area contributed by atoms with Gasteiger partial charge >= 0.3 is 0 Å². The Morgan fingerprint density at radius 3 is 2.72 bits per heavy atom. The first-order chi connectivity index (χ1) is 20.6. The van der Waals surface area contributed by atoms with E-state index in [0.717, 1.165) is 42.5 Å². The maximum Gasteiger partial charge on any atom is 0.167 e. The van der Waals surface area contributed by atoms with Gasteiger partial charge in [0.15, 0.2) is 17.7 Å². The number of aryl methyl sites for hydroxylation is 1. The molecule has 1 aliphatic heterocycles. The Morgan fingerprint density at radius 1 is 1.19 bits per heavy atom. The molecule has 3 aromatic heterocycles. The molecule has 1 saturated heterocycles. The zero-order valence-corrected chi connectivity index (χ0v) is 25.6. The Bertz CT molecular complexity index is 1560. The summed E-state index contributed by atoms with van der Waals surface area (Å²) in [5.74, 6) is 1.91. The maximum absolute atomic E-state index is 11.0. The second-order valence-corrected chi connectivity index (χ2v) is 13.2. The highest BCUT2D eigenvalue weighted by Gasteiger charge is 2.46. The summed E-state index contributed by atoms with van der Waals surface area (Å²) in [6.07, 6.45) is 3.53. The molecule has 0 amide bonds. The molecule has 0 spiro atoms. The molecule has 2 aliphatic rings. The predicted molar refractivity (Wildman–Crippen MR) is 163 cm³/mol. The Hall–Kier alpha value is -3.16. The first-order valence-corrected chi connectivity index (χ1v) is 15.2. The van der Waals surface area contributed by atoms with Crippen molar-refractivity contribution in [3.63, 3.8) is 0 Å². The van der Waals surface area contributed by atoms with E-state index < -0.39 is 24.5 Å². The van der Waals surface area contributed by atoms with E-state index in [1.165, 1.54) is 18.2 Å². The first-order valence-electron chi connectivity index (χ1n) is 15.2. The van der Waals surface area contributed by atoms with Crippen LogP contribution in [0.15, 0.2) is 30.9 Å². The Balaban J connectivity index is 1.05. The van der Waals surface area contributed by atoms with Gasteiger partial charge in [0.2, 0.25) is 0 Å². The number of nitrogens with zero attached hydrogens (tertiary/aromatic N) is 6. The molecule has 5 N–H and O–H groups in total. The van der Waals surface area contributed by atoms with E-state index >= 15 is 0 Å². The van der Waals surface area contributed by atoms with Crippen molar-refractivity contribution in [1.82, 2.24) is 34.4 Å². The van der Waals surface area contributed by atoms with E-state index in [1.807, 2.05) is 0 Å². The van der Waals surface area contributed by atoms with Crippen molar-refractivity contribution >= 4 is 28.0 Å². The lowest BCUT2D eigenvalue weighted by Crippen LogP contribution is -2.52. The number of rotatable bonds is 11. The number of nitrogen functional groups attached to an aromatic ring is 1. The van der Waals surface area contributed by atoms with Gasteiger partial charge in [0.05, 0.1) is 24.0 Å². The Kier molecular flexibility index (Phi) is 8.16. The van der Waals surface area contributed by atoms with Crippen molar-refractivity contribution in [2.75, 3.05) is 26.0 Å². The fourth-order valence-corrected chi connectivity index (χ4v) is 6.75. The molecule has 43 heavy (non-hydrogen) atoms. The van der Waals surface area contributed by atoms with E-state index in [4.69, 9.17) is 20.2 Å². The van der Waals surface area contributed by atoms with Crippen LogP contribution in [-0.2, 0) is 21.3 Å². The zero-order valence-electron chi connectivity index (χ0n) is 25.6. The number of aliphatic hydroxyl groups is 2. The highest BCUT2D eigenvalue weighted by molar-refractivity contribution is 5.81. The van der Waals surface area contributed by atoms with Crippen LogP contribution in [0.1, 0.15) is 64.6 Å². The second-order valence-electron chi connectivity index (χ2n) is 13.2. The topological polar surface area (TPSA) is 160 Å². The number of anilines is 1. The van der Waals surface area contributed by atoms with Crippen molar-refractivity contribution < 1.29 is 19.7 Å². The summed E-state index contributed by atoms with van der Waals surface area (Å²) in [6.45, 7) is 9.90. The number of aromatic amines is 1. The number of hydrogen-bond acceptors (Lipinski definition) is 10. The van der Waals surface area contributed by atoms with Crippen LogP contribution in [0.4, 0.5) is 5.82 Å². The summed E-state index contributed by atoms with van der Waals surface area (Å²) in [5, 5.41) is 21.9. The van der Waals surface area contributed by atoms with Gasteiger partial charge in [-0.05, 0) is 56.7 Å². The standard InChI is InChI=1S/C31H44N8O4/c1-17(2)38(13-23-26(40)27(41)30(43-23)39-16-35-25-28(32)33-15-34-29(25)39)20-10-18(11-20)6-9-24-36-21-8-7-19(12-22(21)37-24)31(3,4)14-42-5/h7-8,12,15-18,20,23,26-27,30,40-41H,6,9-11,13-14H2,1-5H3,(H,36,37)(H2,32,33,34)/t18-,20-,23-,26+,27+,30-/m1/s1. The minimum absolute atomic E-state index is 0.0683. The third kappa shape index (κ3) is 5.74. The van der Waals surface area contributed by atoms with Crippen LogP contribution >= 0.6 is 0 Å². The van der Waals surface area contributed by atoms with Crippen molar-refractivity contribution in [3.05, 3.63) is 42.2 Å². The molecule has 6 rings (SSSR count). The number of methoxy groups -OCH3 is 1. The molecule has 0 bridgehead atoms. The summed E-state index contributed by atoms with van der Waals surface area (Å²) < 4.78 is 13.3. The summed E-state index contributed by atoms with van der Waals surface area (Å²) in [7, 11) is 1.74. The smallest absolute Gasteiger partial charge is 0.167 e. The van der Waals surface area contributed by atoms with Crippen molar-refractivity contribution in [3.8, 4) is 0 Å². The van der Waals surface area contributed by atoms with Crippen LogP contribution in [0.3, 0.4) is 0 Å². The monoisotopic (exact) mass is 592 g/mol. The zero-order chi connectivity index (χ0) is 30.5. The fraction of sp³-hybridized carbons (Fsp3) is 0.613. The van der Waals surface area contributed by atoms with Gasteiger partial charge < -0.3 is 30.4 Å². The van der Waals surface area contributed by atoms with Crippen LogP contribution < -0.4 is 5.73 Å². The van der Waals surface area contributed by atoms with Crippen LogP contribution in [0.5, 0.6) is 0 Å². The minimum Gasteiger partial charge on any atom is -0.387 e. The highest BCUT2D eigenvalue weighted by atomic mass is 16.6. The number of ether oxygens (including phenoxy) is 2. The molecule has 4 atom stereocenters. The molecule has 12 nitrogen and oxygen atoms in total. The molecular formula is C31H44N8O4. The summed E-state index contributed by atoms with van der Waals surface area (Å²) >= 11 is 0. The third-order valence-corrected chi connectivity index (χ3v) is 9.34. The molecule has 1 aromatic carbocycles. The minimum atomic E-state index is -1.12. The molecule has 0 unspecified atom stereocenters. The number of H-pyrrole nitrogens is 1. The largest absolute Gasteiger partial charge is 0.387 e. The Labute approximate surface area is 251 Å². The van der Waals surface area contributed by atoms with Gasteiger partial charge in [-0.2, -0.15) is 0 Å². The molecule has 12 heteroatoms. The highest BCUT2D eigenvalue weighted by Crippen LogP contribution is 2.38. The second kappa shape index (κ2) is 11.7. The number of benzene rings is 1. The summed E-state index contributed by atoms with van der Waals surface area (Å²) in [4.78, 5) is 23.3. The number of aromatic nitrogens is 6. The van der Waals surface area contributed by atoms with Gasteiger partial charge in [-0.25, -0.2) is 19.9 Å². The normalized spacial score (nSPS) is 26.3. The third-order valence-electron chi connectivity index (χ3n) is 9.34. The van der Waals surface area contributed by atoms with Crippen LogP contribution in [-0.4, -0.2) is 95.3 Å². The first kappa shape index (κ1) is 29.9. The van der Waals surface area contributed by atoms with Gasteiger partial charge in [-0.15, -0.1) is 0 Å². The van der Waals surface area contributed by atoms with Gasteiger partial charge in [0.25, 0.3) is 0 Å². The summed E-state index contributed by atoms with van der Waals surface area (Å²) in [5.41, 5.74) is 10.1. The van der Waals surface area contributed by atoms with Crippen molar-refractivity contribution in [2.24, 2.45) is 5.92 Å². The maximum atomic E-state index is 11.0. The van der Waals surface area contributed by atoms with Gasteiger partial charge in [0.1, 0.15) is 36.0 Å². The molecule has 1 aliphatic carbocycles. The fourth-order valence-electron chi connectivity index (χ4n) is 6.75. The lowest BCUT2D eigenvalue weighted by Gasteiger charge is -2.46. The lowest BCUT2D eigenvalue weighted by atomic mass is 9.76. The quantitative estimate of drug-likeness (QED) is 0.204. The molecule has 232 valence electrons. The van der Waals surface area contributed by atoms with Crippen molar-refractivity contribution in [2.45, 2.75) is 95.4 Å². The number of fused-ring (bicyclic) bond motifs is 2. The molecule has 0 radical (unpaired) electrons. The number of aliphatic hydroxyl groups excluding tert-OH is 2. The molecule has 4 heterocycles.